The van der Waals surface area contributed by atoms with Crippen LogP contribution in [0.5, 0.6) is 0 Å². The third-order valence-electron chi connectivity index (χ3n) is 1.82. The monoisotopic (exact) mass is 291 g/mol. The Bertz CT molecular complexity index is 382. The van der Waals surface area contributed by atoms with Crippen LogP contribution in [0.1, 0.15) is 12.5 Å². The van der Waals surface area contributed by atoms with Crippen LogP contribution in [0.3, 0.4) is 0 Å². The predicted molar refractivity (Wildman–Crippen MR) is 63.9 cm³/mol. The number of carbonyl (C=O) groups is 1. The topological polar surface area (TPSA) is 52.3 Å². The maximum absolute atomic E-state index is 11.3. The minimum absolute atomic E-state index is 0.138. The largest absolute Gasteiger partial charge is 0.466 e. The Hall–Kier alpha value is -0.740. The highest BCUT2D eigenvalue weighted by Crippen LogP contribution is 2.28. The van der Waals surface area contributed by atoms with E-state index in [0.717, 1.165) is 0 Å². The van der Waals surface area contributed by atoms with E-state index in [9.17, 15) is 4.79 Å². The van der Waals surface area contributed by atoms with E-state index in [4.69, 9.17) is 22.1 Å². The number of benzene rings is 1. The van der Waals surface area contributed by atoms with Gasteiger partial charge < -0.3 is 10.5 Å². The van der Waals surface area contributed by atoms with Gasteiger partial charge in [0, 0.05) is 15.2 Å². The van der Waals surface area contributed by atoms with E-state index >= 15 is 0 Å². The van der Waals surface area contributed by atoms with Gasteiger partial charge in [-0.15, -0.1) is 0 Å². The summed E-state index contributed by atoms with van der Waals surface area (Å²) >= 11 is 9.11. The zero-order chi connectivity index (χ0) is 11.4. The maximum atomic E-state index is 11.3. The first-order valence-electron chi connectivity index (χ1n) is 4.43. The molecule has 82 valence electrons. The van der Waals surface area contributed by atoms with Crippen LogP contribution in [-0.2, 0) is 16.0 Å². The Morgan fingerprint density at radius 2 is 2.27 bits per heavy atom. The molecule has 0 amide bonds. The molecule has 0 aliphatic rings. The number of nitrogens with two attached hydrogens (primary N) is 1. The second-order valence-electron chi connectivity index (χ2n) is 2.94. The van der Waals surface area contributed by atoms with E-state index < -0.39 is 0 Å². The Morgan fingerprint density at radius 3 is 2.87 bits per heavy atom. The molecule has 0 spiro atoms. The van der Waals surface area contributed by atoms with E-state index in [2.05, 4.69) is 15.9 Å². The van der Waals surface area contributed by atoms with Crippen molar-refractivity contribution in [1.82, 2.24) is 0 Å². The van der Waals surface area contributed by atoms with E-state index in [1.165, 1.54) is 0 Å². The van der Waals surface area contributed by atoms with Gasteiger partial charge in [0.2, 0.25) is 0 Å². The van der Waals surface area contributed by atoms with Gasteiger partial charge in [-0.3, -0.25) is 4.79 Å². The molecule has 0 atom stereocenters. The second kappa shape index (κ2) is 5.37. The predicted octanol–water partition coefficient (Wildman–Crippen LogP) is 2.79. The van der Waals surface area contributed by atoms with Crippen LogP contribution in [0.2, 0.25) is 5.02 Å². The van der Waals surface area contributed by atoms with E-state index in [0.29, 0.717) is 27.4 Å². The van der Waals surface area contributed by atoms with Gasteiger partial charge in [0.25, 0.3) is 0 Å². The maximum Gasteiger partial charge on any atom is 0.310 e. The first-order chi connectivity index (χ1) is 7.04. The molecule has 3 nitrogen and oxygen atoms in total. The van der Waals surface area contributed by atoms with Crippen LogP contribution in [-0.4, -0.2) is 12.6 Å². The molecular weight excluding hydrogens is 281 g/mol. The normalized spacial score (nSPS) is 10.1. The van der Waals surface area contributed by atoms with Crippen molar-refractivity contribution in [2.45, 2.75) is 13.3 Å². The first kappa shape index (κ1) is 12.3. The molecule has 0 unspecified atom stereocenters. The number of ether oxygens (including phenoxy) is 1. The highest BCUT2D eigenvalue weighted by molar-refractivity contribution is 9.10. The van der Waals surface area contributed by atoms with Crippen molar-refractivity contribution in [2.75, 3.05) is 12.3 Å². The summed E-state index contributed by atoms with van der Waals surface area (Å²) in [6.07, 6.45) is 0.138. The number of nitrogen functional groups attached to an aromatic ring is 1. The van der Waals surface area contributed by atoms with Crippen LogP contribution < -0.4 is 5.73 Å². The van der Waals surface area contributed by atoms with Crippen LogP contribution >= 0.6 is 27.5 Å². The lowest BCUT2D eigenvalue weighted by atomic mass is 10.1. The lowest BCUT2D eigenvalue weighted by molar-refractivity contribution is -0.142. The summed E-state index contributed by atoms with van der Waals surface area (Å²) in [5.41, 5.74) is 6.98. The van der Waals surface area contributed by atoms with Gasteiger partial charge in [0.15, 0.2) is 0 Å². The lowest BCUT2D eigenvalue weighted by Gasteiger charge is -2.07. The Labute approximate surface area is 102 Å². The summed E-state index contributed by atoms with van der Waals surface area (Å²) in [5.74, 6) is -0.307. The molecule has 0 saturated heterocycles. The van der Waals surface area contributed by atoms with Crippen molar-refractivity contribution >= 4 is 39.2 Å². The van der Waals surface area contributed by atoms with Crippen molar-refractivity contribution in [3.8, 4) is 0 Å². The molecule has 1 aromatic rings. The van der Waals surface area contributed by atoms with Crippen molar-refractivity contribution in [3.63, 3.8) is 0 Å². The number of halogens is 2. The second-order valence-corrected chi connectivity index (χ2v) is 4.23. The summed E-state index contributed by atoms with van der Waals surface area (Å²) in [7, 11) is 0. The molecular formula is C10H11BrClNO2. The molecule has 0 saturated carbocycles. The molecule has 0 aromatic heterocycles. The van der Waals surface area contributed by atoms with Crippen LogP contribution in [0.15, 0.2) is 16.6 Å². The van der Waals surface area contributed by atoms with Crippen LogP contribution in [0.4, 0.5) is 5.69 Å². The van der Waals surface area contributed by atoms with Gasteiger partial charge in [-0.1, -0.05) is 11.6 Å². The number of anilines is 1. The summed E-state index contributed by atoms with van der Waals surface area (Å²) in [6.45, 7) is 2.12. The van der Waals surface area contributed by atoms with Crippen molar-refractivity contribution in [1.29, 1.82) is 0 Å². The Morgan fingerprint density at radius 1 is 1.60 bits per heavy atom. The summed E-state index contributed by atoms with van der Waals surface area (Å²) in [5, 5.41) is 0.537. The fourth-order valence-corrected chi connectivity index (χ4v) is 2.03. The van der Waals surface area contributed by atoms with Crippen molar-refractivity contribution < 1.29 is 9.53 Å². The number of carbonyl (C=O) groups excluding carboxylic acids is 1. The zero-order valence-electron chi connectivity index (χ0n) is 8.22. The molecule has 2 N–H and O–H groups in total. The van der Waals surface area contributed by atoms with E-state index in [1.54, 1.807) is 19.1 Å². The molecule has 1 rings (SSSR count). The molecule has 5 heteroatoms. The highest BCUT2D eigenvalue weighted by atomic mass is 79.9. The minimum Gasteiger partial charge on any atom is -0.466 e. The SMILES string of the molecule is CCOC(=O)Cc1cc(Cl)cc(Br)c1N. The third-order valence-corrected chi connectivity index (χ3v) is 2.69. The average Bonchev–Trinajstić information content (AvgIpc) is 2.13. The highest BCUT2D eigenvalue weighted by Gasteiger charge is 2.10. The van der Waals surface area contributed by atoms with Crippen LogP contribution in [0.25, 0.3) is 0 Å². The molecule has 0 heterocycles. The van der Waals surface area contributed by atoms with E-state index in [1.807, 2.05) is 0 Å². The average molecular weight is 293 g/mol. The summed E-state index contributed by atoms with van der Waals surface area (Å²) in [4.78, 5) is 11.3. The molecule has 0 aliphatic heterocycles. The van der Waals surface area contributed by atoms with E-state index in [-0.39, 0.29) is 12.4 Å². The molecule has 0 fully saturated rings. The summed E-state index contributed by atoms with van der Waals surface area (Å²) < 4.78 is 5.52. The molecule has 15 heavy (non-hydrogen) atoms. The Balaban J connectivity index is 2.89. The first-order valence-corrected chi connectivity index (χ1v) is 5.60. The number of rotatable bonds is 3. The van der Waals surface area contributed by atoms with Gasteiger partial charge in [-0.2, -0.15) is 0 Å². The quantitative estimate of drug-likeness (QED) is 0.688. The van der Waals surface area contributed by atoms with Crippen molar-refractivity contribution in [2.24, 2.45) is 0 Å². The third kappa shape index (κ3) is 3.39. The zero-order valence-corrected chi connectivity index (χ0v) is 10.6. The molecule has 0 bridgehead atoms. The van der Waals surface area contributed by atoms with Gasteiger partial charge in [0.05, 0.1) is 13.0 Å². The molecule has 0 aliphatic carbocycles. The van der Waals surface area contributed by atoms with Gasteiger partial charge >= 0.3 is 5.97 Å². The molecule has 0 radical (unpaired) electrons. The summed E-state index contributed by atoms with van der Waals surface area (Å²) in [6, 6.07) is 3.35. The Kier molecular flexibility index (Phi) is 4.42. The standard InChI is InChI=1S/C10H11BrClNO2/c1-2-15-9(14)4-6-3-7(12)5-8(11)10(6)13/h3,5H,2,4,13H2,1H3. The smallest absolute Gasteiger partial charge is 0.310 e. The lowest BCUT2D eigenvalue weighted by Crippen LogP contribution is -2.09. The number of hydrogen-bond donors (Lipinski definition) is 1. The van der Waals surface area contributed by atoms with Gasteiger partial charge in [-0.25, -0.2) is 0 Å². The minimum atomic E-state index is -0.307. The van der Waals surface area contributed by atoms with Gasteiger partial charge in [-0.05, 0) is 40.5 Å². The number of esters is 1. The fourth-order valence-electron chi connectivity index (χ4n) is 1.15. The number of hydrogen-bond acceptors (Lipinski definition) is 3. The van der Waals surface area contributed by atoms with Crippen LogP contribution in [0, 0.1) is 0 Å². The van der Waals surface area contributed by atoms with Gasteiger partial charge in [0.1, 0.15) is 0 Å². The van der Waals surface area contributed by atoms with Crippen molar-refractivity contribution in [3.05, 3.63) is 27.2 Å². The molecule has 1 aromatic carbocycles. The fraction of sp³-hybridized carbons (Fsp3) is 0.300.